The number of aliphatic hydroxyl groups excluding tert-OH is 1. The van der Waals surface area contributed by atoms with Crippen LogP contribution in [0.3, 0.4) is 0 Å². The molecule has 0 aromatic heterocycles. The maximum absolute atomic E-state index is 12.8. The van der Waals surface area contributed by atoms with Crippen LogP contribution in [0.15, 0.2) is 23.0 Å². The number of hydrogen-bond donors (Lipinski definition) is 1. The molecule has 6 nitrogen and oxygen atoms in total. The first-order valence-electron chi connectivity index (χ1n) is 8.95. The van der Waals surface area contributed by atoms with E-state index in [1.807, 2.05) is 13.8 Å². The van der Waals surface area contributed by atoms with Crippen LogP contribution in [0.4, 0.5) is 0 Å². The number of allylic oxidation sites excluding steroid dienone is 2. The van der Waals surface area contributed by atoms with Crippen molar-refractivity contribution in [3.05, 3.63) is 23.0 Å². The van der Waals surface area contributed by atoms with Gasteiger partial charge in [0.05, 0.1) is 19.3 Å². The molecule has 0 spiro atoms. The molecule has 4 rings (SSSR count). The van der Waals surface area contributed by atoms with E-state index in [2.05, 4.69) is 0 Å². The van der Waals surface area contributed by atoms with E-state index in [4.69, 9.17) is 14.2 Å². The number of aliphatic hydroxyl groups is 1. The molecule has 0 radical (unpaired) electrons. The Balaban J connectivity index is 1.83. The van der Waals surface area contributed by atoms with E-state index in [-0.39, 0.29) is 29.2 Å². The Bertz CT molecular complexity index is 692. The van der Waals surface area contributed by atoms with Gasteiger partial charge in [0.25, 0.3) is 0 Å². The van der Waals surface area contributed by atoms with E-state index in [0.717, 1.165) is 6.42 Å². The Morgan fingerprint density at radius 2 is 2.12 bits per heavy atom. The summed E-state index contributed by atoms with van der Waals surface area (Å²) in [6, 6.07) is 0. The highest BCUT2D eigenvalue weighted by atomic mass is 16.7. The number of carbonyl (C=O) groups excluding carboxylic acids is 2. The minimum atomic E-state index is -0.533. The number of rotatable bonds is 3. The van der Waals surface area contributed by atoms with Crippen molar-refractivity contribution >= 4 is 11.6 Å². The van der Waals surface area contributed by atoms with E-state index >= 15 is 0 Å². The first-order chi connectivity index (χ1) is 11.9. The quantitative estimate of drug-likeness (QED) is 0.779. The summed E-state index contributed by atoms with van der Waals surface area (Å²) in [5.74, 6) is -0.333. The predicted octanol–water partition coefficient (Wildman–Crippen LogP) is 1.52. The molecule has 1 saturated carbocycles. The average Bonchev–Trinajstić information content (AvgIpc) is 2.94. The standard InChI is InChI=1S/C19H24O6/c1-4-24-18-9-5-6-13(21)19(2)8-10-14(17(25-18)15(9)19)11(20)7-12(23-3)16(10)22/h7,9,13,15,17-18,21H,4-6,8H2,1-3H3/t9-,13-,15-,17-,18-,19-/m0/s1. The van der Waals surface area contributed by atoms with Gasteiger partial charge in [-0.1, -0.05) is 6.92 Å². The van der Waals surface area contributed by atoms with Crippen LogP contribution in [0.1, 0.15) is 33.1 Å². The van der Waals surface area contributed by atoms with Crippen LogP contribution in [-0.4, -0.2) is 48.9 Å². The predicted molar refractivity (Wildman–Crippen MR) is 87.4 cm³/mol. The molecule has 0 amide bonds. The Morgan fingerprint density at radius 3 is 2.80 bits per heavy atom. The Morgan fingerprint density at radius 1 is 1.36 bits per heavy atom. The van der Waals surface area contributed by atoms with E-state index < -0.39 is 23.9 Å². The lowest BCUT2D eigenvalue weighted by Crippen LogP contribution is -2.54. The molecule has 4 aliphatic rings. The molecule has 136 valence electrons. The molecule has 0 bridgehead atoms. The molecule has 6 heteroatoms. The zero-order chi connectivity index (χ0) is 17.9. The van der Waals surface area contributed by atoms with Crippen LogP contribution in [0.2, 0.25) is 0 Å². The van der Waals surface area contributed by atoms with Gasteiger partial charge < -0.3 is 19.3 Å². The van der Waals surface area contributed by atoms with Gasteiger partial charge in [-0.15, -0.1) is 0 Å². The summed E-state index contributed by atoms with van der Waals surface area (Å²) in [6.07, 6.45) is 1.64. The normalized spacial score (nSPS) is 42.9. The van der Waals surface area contributed by atoms with Gasteiger partial charge in [0.1, 0.15) is 0 Å². The van der Waals surface area contributed by atoms with E-state index in [0.29, 0.717) is 30.6 Å². The first-order valence-corrected chi connectivity index (χ1v) is 8.95. The fourth-order valence-electron chi connectivity index (χ4n) is 5.29. The summed E-state index contributed by atoms with van der Waals surface area (Å²) >= 11 is 0. The summed E-state index contributed by atoms with van der Waals surface area (Å²) in [4.78, 5) is 25.5. The van der Waals surface area contributed by atoms with Crippen molar-refractivity contribution in [3.8, 4) is 0 Å². The number of ether oxygens (including phenoxy) is 3. The van der Waals surface area contributed by atoms with Gasteiger partial charge in [0.2, 0.25) is 5.78 Å². The van der Waals surface area contributed by atoms with Crippen LogP contribution in [0.5, 0.6) is 0 Å². The van der Waals surface area contributed by atoms with Crippen molar-refractivity contribution < 1.29 is 28.9 Å². The van der Waals surface area contributed by atoms with Crippen molar-refractivity contribution in [2.24, 2.45) is 17.3 Å². The fourth-order valence-corrected chi connectivity index (χ4v) is 5.29. The molecular formula is C19H24O6. The van der Waals surface area contributed by atoms with Crippen LogP contribution in [0, 0.1) is 17.3 Å². The van der Waals surface area contributed by atoms with Crippen molar-refractivity contribution in [1.29, 1.82) is 0 Å². The molecule has 6 atom stereocenters. The first kappa shape index (κ1) is 16.9. The smallest absolute Gasteiger partial charge is 0.224 e. The molecule has 3 aliphatic carbocycles. The Labute approximate surface area is 146 Å². The highest BCUT2D eigenvalue weighted by Crippen LogP contribution is 2.60. The van der Waals surface area contributed by atoms with E-state index in [1.54, 1.807) is 0 Å². The van der Waals surface area contributed by atoms with Crippen LogP contribution in [-0.2, 0) is 23.8 Å². The summed E-state index contributed by atoms with van der Waals surface area (Å²) in [6.45, 7) is 4.44. The third-order valence-electron chi connectivity index (χ3n) is 6.46. The molecule has 0 aromatic rings. The maximum atomic E-state index is 12.8. The zero-order valence-corrected chi connectivity index (χ0v) is 14.8. The third-order valence-corrected chi connectivity index (χ3v) is 6.46. The van der Waals surface area contributed by atoms with E-state index in [1.165, 1.54) is 13.2 Å². The largest absolute Gasteiger partial charge is 0.493 e. The Kier molecular flexibility index (Phi) is 3.90. The molecule has 1 heterocycles. The highest BCUT2D eigenvalue weighted by molar-refractivity contribution is 6.22. The van der Waals surface area contributed by atoms with Crippen LogP contribution < -0.4 is 0 Å². The molecule has 1 aliphatic heterocycles. The molecule has 2 fully saturated rings. The molecule has 1 saturated heterocycles. The summed E-state index contributed by atoms with van der Waals surface area (Å²) < 4.78 is 17.0. The summed E-state index contributed by atoms with van der Waals surface area (Å²) in [7, 11) is 1.39. The SMILES string of the molecule is CCO[C@H]1O[C@H]2C3=C(C[C@]4(C)[C@H]2[C@@H]1CC[C@@H]4O)C(=O)C(OC)=CC3=O. The second kappa shape index (κ2) is 5.76. The second-order valence-corrected chi connectivity index (χ2v) is 7.64. The molecule has 1 N–H and O–H groups in total. The van der Waals surface area contributed by atoms with Crippen LogP contribution in [0.25, 0.3) is 0 Å². The Hall–Kier alpha value is -1.50. The third kappa shape index (κ3) is 2.20. The topological polar surface area (TPSA) is 82.1 Å². The number of methoxy groups -OCH3 is 1. The monoisotopic (exact) mass is 348 g/mol. The van der Waals surface area contributed by atoms with E-state index in [9.17, 15) is 14.7 Å². The molecular weight excluding hydrogens is 324 g/mol. The number of fused-ring (bicyclic) bond motifs is 1. The maximum Gasteiger partial charge on any atom is 0.224 e. The lowest BCUT2D eigenvalue weighted by Gasteiger charge is -2.51. The summed E-state index contributed by atoms with van der Waals surface area (Å²) in [5, 5.41) is 10.7. The zero-order valence-electron chi connectivity index (χ0n) is 14.8. The van der Waals surface area contributed by atoms with Gasteiger partial charge in [-0.2, -0.15) is 0 Å². The summed E-state index contributed by atoms with van der Waals surface area (Å²) in [5.41, 5.74) is 0.365. The number of ketones is 2. The van der Waals surface area contributed by atoms with Crippen LogP contribution >= 0.6 is 0 Å². The molecule has 25 heavy (non-hydrogen) atoms. The van der Waals surface area contributed by atoms with Gasteiger partial charge in [0.15, 0.2) is 17.8 Å². The number of hydrogen-bond acceptors (Lipinski definition) is 6. The van der Waals surface area contributed by atoms with Crippen molar-refractivity contribution in [1.82, 2.24) is 0 Å². The lowest BCUT2D eigenvalue weighted by atomic mass is 9.53. The van der Waals surface area contributed by atoms with Gasteiger partial charge in [-0.3, -0.25) is 9.59 Å². The number of Topliss-reactive ketones (excluding diaryl/α,β-unsaturated/α-hetero) is 1. The minimum absolute atomic E-state index is 0.0270. The minimum Gasteiger partial charge on any atom is -0.493 e. The van der Waals surface area contributed by atoms with Gasteiger partial charge >= 0.3 is 0 Å². The fraction of sp³-hybridized carbons (Fsp3) is 0.684. The molecule has 0 aromatic carbocycles. The van der Waals surface area contributed by atoms with Crippen molar-refractivity contribution in [3.63, 3.8) is 0 Å². The lowest BCUT2D eigenvalue weighted by molar-refractivity contribution is -0.144. The average molecular weight is 348 g/mol. The van der Waals surface area contributed by atoms with Crippen molar-refractivity contribution in [2.75, 3.05) is 13.7 Å². The second-order valence-electron chi connectivity index (χ2n) is 7.64. The van der Waals surface area contributed by atoms with Gasteiger partial charge in [-0.25, -0.2) is 0 Å². The van der Waals surface area contributed by atoms with Crippen molar-refractivity contribution in [2.45, 2.75) is 51.6 Å². The van der Waals surface area contributed by atoms with Gasteiger partial charge in [-0.05, 0) is 26.2 Å². The molecule has 0 unspecified atom stereocenters. The van der Waals surface area contributed by atoms with Gasteiger partial charge in [0, 0.05) is 41.1 Å². The number of carbonyl (C=O) groups is 2. The highest BCUT2D eigenvalue weighted by Gasteiger charge is 2.63.